The quantitative estimate of drug-likeness (QED) is 0.763. The summed E-state index contributed by atoms with van der Waals surface area (Å²) in [7, 11) is 1.92. The van der Waals surface area contributed by atoms with Crippen LogP contribution < -0.4 is 11.3 Å². The fourth-order valence-corrected chi connectivity index (χ4v) is 2.22. The van der Waals surface area contributed by atoms with E-state index in [1.807, 2.05) is 30.7 Å². The Morgan fingerprint density at radius 3 is 2.57 bits per heavy atom. The zero-order chi connectivity index (χ0) is 15.8. The van der Waals surface area contributed by atoms with E-state index in [0.717, 1.165) is 26.1 Å². The number of hydrogen-bond donors (Lipinski definition) is 1. The van der Waals surface area contributed by atoms with Gasteiger partial charge in [-0.3, -0.25) is 14.5 Å². The number of hydrogen-bond acceptors (Lipinski definition) is 4. The number of aryl methyl sites for hydroxylation is 1. The van der Waals surface area contributed by atoms with Gasteiger partial charge in [0.1, 0.15) is 0 Å². The maximum absolute atomic E-state index is 12.0. The number of carbonyl (C=O) groups excluding carboxylic acids is 1. The summed E-state index contributed by atoms with van der Waals surface area (Å²) in [6.07, 6.45) is 2.45. The molecule has 0 bridgehead atoms. The second kappa shape index (κ2) is 8.46. The number of rotatable bonds is 8. The summed E-state index contributed by atoms with van der Waals surface area (Å²) in [5.74, 6) is 0.142. The molecule has 0 unspecified atom stereocenters. The number of nitrogens with zero attached hydrogens (tertiary/aromatic N) is 3. The van der Waals surface area contributed by atoms with E-state index >= 15 is 0 Å². The molecule has 1 aromatic rings. The zero-order valence-corrected chi connectivity index (χ0v) is 13.2. The fraction of sp³-hybridized carbons (Fsp3) is 0.600. The van der Waals surface area contributed by atoms with Gasteiger partial charge in [-0.2, -0.15) is 0 Å². The summed E-state index contributed by atoms with van der Waals surface area (Å²) in [6, 6.07) is 3.08. The molecule has 1 heterocycles. The van der Waals surface area contributed by atoms with Crippen LogP contribution in [0.15, 0.2) is 23.1 Å². The molecule has 6 nitrogen and oxygen atoms in total. The van der Waals surface area contributed by atoms with Crippen LogP contribution in [0.4, 0.5) is 5.69 Å². The third-order valence-corrected chi connectivity index (χ3v) is 3.47. The Kier molecular flexibility index (Phi) is 6.94. The number of anilines is 1. The molecule has 0 fully saturated rings. The van der Waals surface area contributed by atoms with Crippen LogP contribution in [-0.2, 0) is 11.3 Å². The first-order chi connectivity index (χ1) is 9.97. The van der Waals surface area contributed by atoms with E-state index in [0.29, 0.717) is 18.8 Å². The van der Waals surface area contributed by atoms with Gasteiger partial charge >= 0.3 is 0 Å². The maximum Gasteiger partial charge on any atom is 0.250 e. The van der Waals surface area contributed by atoms with Crippen LogP contribution in [0.25, 0.3) is 0 Å². The van der Waals surface area contributed by atoms with Crippen LogP contribution in [0.3, 0.4) is 0 Å². The van der Waals surface area contributed by atoms with Crippen LogP contribution >= 0.6 is 0 Å². The second-order valence-electron chi connectivity index (χ2n) is 5.15. The van der Waals surface area contributed by atoms with Gasteiger partial charge in [0.25, 0.3) is 5.56 Å². The van der Waals surface area contributed by atoms with Gasteiger partial charge in [-0.15, -0.1) is 0 Å². The molecule has 6 heteroatoms. The van der Waals surface area contributed by atoms with E-state index in [-0.39, 0.29) is 11.5 Å². The van der Waals surface area contributed by atoms with Gasteiger partial charge in [0.2, 0.25) is 5.91 Å². The van der Waals surface area contributed by atoms with Gasteiger partial charge in [-0.05, 0) is 33.4 Å². The Balaban J connectivity index is 2.40. The van der Waals surface area contributed by atoms with E-state index in [2.05, 4.69) is 0 Å². The lowest BCUT2D eigenvalue weighted by Crippen LogP contribution is -2.39. The normalized spacial score (nSPS) is 10.9. The molecule has 0 aliphatic rings. The van der Waals surface area contributed by atoms with Gasteiger partial charge in [-0.25, -0.2) is 0 Å². The van der Waals surface area contributed by atoms with Crippen LogP contribution in [0, 0.1) is 0 Å². The molecule has 21 heavy (non-hydrogen) atoms. The summed E-state index contributed by atoms with van der Waals surface area (Å²) < 4.78 is 1.61. The van der Waals surface area contributed by atoms with Gasteiger partial charge in [0.05, 0.1) is 6.54 Å². The summed E-state index contributed by atoms with van der Waals surface area (Å²) >= 11 is 0. The predicted molar refractivity (Wildman–Crippen MR) is 85.2 cm³/mol. The van der Waals surface area contributed by atoms with Crippen LogP contribution in [0.5, 0.6) is 0 Å². The Labute approximate surface area is 126 Å². The number of pyridine rings is 1. The first kappa shape index (κ1) is 17.2. The lowest BCUT2D eigenvalue weighted by atomic mass is 10.3. The van der Waals surface area contributed by atoms with Crippen molar-refractivity contribution in [2.45, 2.75) is 26.8 Å². The molecule has 0 saturated carbocycles. The number of aromatic nitrogens is 1. The van der Waals surface area contributed by atoms with Crippen molar-refractivity contribution in [2.24, 2.45) is 0 Å². The summed E-state index contributed by atoms with van der Waals surface area (Å²) in [5, 5.41) is 0. The minimum absolute atomic E-state index is 0.0499. The topological polar surface area (TPSA) is 71.6 Å². The average Bonchev–Trinajstić information content (AvgIpc) is 2.44. The monoisotopic (exact) mass is 294 g/mol. The minimum Gasteiger partial charge on any atom is -0.398 e. The van der Waals surface area contributed by atoms with Crippen molar-refractivity contribution in [1.82, 2.24) is 14.4 Å². The second-order valence-corrected chi connectivity index (χ2v) is 5.15. The van der Waals surface area contributed by atoms with E-state index in [1.54, 1.807) is 16.8 Å². The maximum atomic E-state index is 12.0. The van der Waals surface area contributed by atoms with E-state index < -0.39 is 0 Å². The van der Waals surface area contributed by atoms with Gasteiger partial charge in [-0.1, -0.05) is 0 Å². The number of likely N-dealkylation sites (N-methyl/N-ethyl adjacent to an activating group) is 2. The largest absolute Gasteiger partial charge is 0.398 e. The highest BCUT2D eigenvalue weighted by Gasteiger charge is 2.11. The summed E-state index contributed by atoms with van der Waals surface area (Å²) in [6.45, 7) is 7.21. The molecule has 0 aromatic carbocycles. The standard InChI is InChI=1S/C15H26N4O2/c1-4-18(5-2)15(21)12-17(3)9-6-10-19-11-13(16)7-8-14(19)20/h7-8,11H,4-6,9-10,12,16H2,1-3H3. The molecule has 0 atom stereocenters. The van der Waals surface area contributed by atoms with Crippen molar-refractivity contribution in [1.29, 1.82) is 0 Å². The van der Waals surface area contributed by atoms with E-state index in [9.17, 15) is 9.59 Å². The Morgan fingerprint density at radius 2 is 1.95 bits per heavy atom. The van der Waals surface area contributed by atoms with Gasteiger partial charge in [0, 0.05) is 44.1 Å². The van der Waals surface area contributed by atoms with E-state index in [4.69, 9.17) is 5.73 Å². The zero-order valence-electron chi connectivity index (χ0n) is 13.2. The highest BCUT2D eigenvalue weighted by molar-refractivity contribution is 5.78. The third-order valence-electron chi connectivity index (χ3n) is 3.47. The molecular weight excluding hydrogens is 268 g/mol. The van der Waals surface area contributed by atoms with Crippen LogP contribution in [-0.4, -0.2) is 53.5 Å². The van der Waals surface area contributed by atoms with Crippen LogP contribution in [0.1, 0.15) is 20.3 Å². The van der Waals surface area contributed by atoms with Crippen molar-refractivity contribution in [3.63, 3.8) is 0 Å². The molecule has 1 rings (SSSR count). The summed E-state index contributed by atoms with van der Waals surface area (Å²) in [4.78, 5) is 27.4. The smallest absolute Gasteiger partial charge is 0.250 e. The van der Waals surface area contributed by atoms with Crippen molar-refractivity contribution in [3.05, 3.63) is 28.7 Å². The molecule has 1 aromatic heterocycles. The Morgan fingerprint density at radius 1 is 1.29 bits per heavy atom. The number of carbonyl (C=O) groups is 1. The third kappa shape index (κ3) is 5.59. The van der Waals surface area contributed by atoms with Gasteiger partial charge in [0.15, 0.2) is 0 Å². The predicted octanol–water partition coefficient (Wildman–Crippen LogP) is 0.621. The molecule has 0 aliphatic carbocycles. The fourth-order valence-electron chi connectivity index (χ4n) is 2.22. The van der Waals surface area contributed by atoms with Crippen molar-refractivity contribution >= 4 is 11.6 Å². The summed E-state index contributed by atoms with van der Waals surface area (Å²) in [5.41, 5.74) is 6.20. The van der Waals surface area contributed by atoms with Crippen LogP contribution in [0.2, 0.25) is 0 Å². The molecule has 0 aliphatic heterocycles. The van der Waals surface area contributed by atoms with E-state index in [1.165, 1.54) is 6.07 Å². The van der Waals surface area contributed by atoms with Crippen molar-refractivity contribution in [3.8, 4) is 0 Å². The molecular formula is C15H26N4O2. The first-order valence-corrected chi connectivity index (χ1v) is 7.40. The number of amides is 1. The van der Waals surface area contributed by atoms with Crippen molar-refractivity contribution in [2.75, 3.05) is 39.0 Å². The van der Waals surface area contributed by atoms with Crippen molar-refractivity contribution < 1.29 is 4.79 Å². The molecule has 2 N–H and O–H groups in total. The molecule has 0 saturated heterocycles. The number of nitrogens with two attached hydrogens (primary N) is 1. The molecule has 0 radical (unpaired) electrons. The highest BCUT2D eigenvalue weighted by atomic mass is 16.2. The SMILES string of the molecule is CCN(CC)C(=O)CN(C)CCCn1cc(N)ccc1=O. The molecule has 118 valence electrons. The number of nitrogen functional groups attached to an aromatic ring is 1. The average molecular weight is 294 g/mol. The Bertz CT molecular complexity index is 509. The molecule has 0 spiro atoms. The lowest BCUT2D eigenvalue weighted by molar-refractivity contribution is -0.131. The minimum atomic E-state index is -0.0499. The first-order valence-electron chi connectivity index (χ1n) is 7.40. The Hall–Kier alpha value is -1.82. The highest BCUT2D eigenvalue weighted by Crippen LogP contribution is 1.99. The lowest BCUT2D eigenvalue weighted by Gasteiger charge is -2.23. The van der Waals surface area contributed by atoms with Gasteiger partial charge < -0.3 is 15.2 Å². The molecule has 1 amide bonds.